The van der Waals surface area contributed by atoms with Crippen molar-refractivity contribution in [1.29, 1.82) is 5.26 Å². The van der Waals surface area contributed by atoms with E-state index in [1.165, 1.54) is 34.4 Å². The highest BCUT2D eigenvalue weighted by Crippen LogP contribution is 2.20. The van der Waals surface area contributed by atoms with Crippen LogP contribution >= 0.6 is 11.3 Å². The van der Waals surface area contributed by atoms with Crippen LogP contribution in [0.5, 0.6) is 0 Å². The Bertz CT molecular complexity index is 719. The van der Waals surface area contributed by atoms with Crippen molar-refractivity contribution in [2.75, 3.05) is 0 Å². The highest BCUT2D eigenvalue weighted by atomic mass is 32.2. The maximum absolute atomic E-state index is 12.2. The van der Waals surface area contributed by atoms with E-state index in [2.05, 4.69) is 4.98 Å². The molecule has 18 heavy (non-hydrogen) atoms. The molecular weight excluding hydrogens is 270 g/mol. The quantitative estimate of drug-likeness (QED) is 0.803. The van der Waals surface area contributed by atoms with Gasteiger partial charge >= 0.3 is 0 Å². The molecule has 0 N–H and O–H groups in total. The lowest BCUT2D eigenvalue weighted by molar-refractivity contribution is 0.586. The van der Waals surface area contributed by atoms with Gasteiger partial charge in [-0.1, -0.05) is 0 Å². The lowest BCUT2D eigenvalue weighted by Gasteiger charge is -2.02. The molecule has 0 atom stereocenters. The van der Waals surface area contributed by atoms with Crippen molar-refractivity contribution in [3.05, 3.63) is 39.7 Å². The average molecular weight is 279 g/mol. The predicted molar refractivity (Wildman–Crippen MR) is 68.3 cm³/mol. The van der Waals surface area contributed by atoms with Crippen molar-refractivity contribution >= 4 is 27.3 Å². The van der Waals surface area contributed by atoms with E-state index in [0.717, 1.165) is 0 Å². The van der Waals surface area contributed by atoms with Crippen LogP contribution in [0.3, 0.4) is 0 Å². The molecule has 7 heteroatoms. The molecule has 0 saturated heterocycles. The van der Waals surface area contributed by atoms with Gasteiger partial charge in [0.1, 0.15) is 6.07 Å². The molecule has 92 valence electrons. The number of nitriles is 1. The normalized spacial score (nSPS) is 12.3. The Kier molecular flexibility index (Phi) is 3.32. The Hall–Kier alpha value is -1.91. The third-order valence-corrected chi connectivity index (χ3v) is 4.62. The van der Waals surface area contributed by atoms with Crippen LogP contribution in [0.15, 0.2) is 39.3 Å². The highest BCUT2D eigenvalue weighted by Gasteiger charge is 2.25. The summed E-state index contributed by atoms with van der Waals surface area (Å²) in [5, 5.41) is 12.5. The fraction of sp³-hybridized carbons (Fsp3) is 0.0909. The first-order valence-corrected chi connectivity index (χ1v) is 7.34. The summed E-state index contributed by atoms with van der Waals surface area (Å²) in [5.74, 6) is 0. The first-order chi connectivity index (χ1) is 8.55. The molecule has 0 bridgehead atoms. The number of hydrogen-bond donors (Lipinski definition) is 0. The molecule has 2 aromatic rings. The molecule has 0 aliphatic heterocycles. The first kappa shape index (κ1) is 12.5. The third-order valence-electron chi connectivity index (χ3n) is 2.26. The number of thiophene rings is 1. The summed E-state index contributed by atoms with van der Waals surface area (Å²) in [4.78, 5) is 3.46. The first-order valence-electron chi connectivity index (χ1n) is 4.92. The second-order valence-corrected chi connectivity index (χ2v) is 6.09. The van der Waals surface area contributed by atoms with E-state index in [1.807, 2.05) is 5.38 Å². The van der Waals surface area contributed by atoms with Crippen molar-refractivity contribution in [1.82, 2.24) is 9.55 Å². The number of rotatable bonds is 3. The van der Waals surface area contributed by atoms with Crippen LogP contribution in [-0.2, 0) is 16.9 Å². The fourth-order valence-electron chi connectivity index (χ4n) is 1.39. The molecule has 0 saturated carbocycles. The Balaban J connectivity index is 2.53. The average Bonchev–Trinajstić information content (AvgIpc) is 2.96. The lowest BCUT2D eigenvalue weighted by atomic mass is 10.3. The number of imidazole rings is 1. The molecule has 0 unspecified atom stereocenters. The summed E-state index contributed by atoms with van der Waals surface area (Å²) in [6.45, 7) is 0. The number of hydrogen-bond acceptors (Lipinski definition) is 5. The van der Waals surface area contributed by atoms with Crippen LogP contribution in [0.4, 0.5) is 0 Å². The Morgan fingerprint density at radius 2 is 2.39 bits per heavy atom. The van der Waals surface area contributed by atoms with Crippen LogP contribution in [-0.4, -0.2) is 18.0 Å². The zero-order valence-electron chi connectivity index (χ0n) is 9.44. The Morgan fingerprint density at radius 1 is 1.61 bits per heavy atom. The monoisotopic (exact) mass is 279 g/mol. The van der Waals surface area contributed by atoms with Crippen LogP contribution in [0.1, 0.15) is 5.56 Å². The Morgan fingerprint density at radius 3 is 2.89 bits per heavy atom. The number of aryl methyl sites for hydroxylation is 1. The summed E-state index contributed by atoms with van der Waals surface area (Å²) >= 11 is 1.43. The largest absolute Gasteiger partial charge is 0.325 e. The Labute approximate surface area is 109 Å². The molecular formula is C11H9N3O2S2. The van der Waals surface area contributed by atoms with Gasteiger partial charge in [0.05, 0.1) is 0 Å². The molecule has 0 radical (unpaired) electrons. The third kappa shape index (κ3) is 2.20. The standard InChI is InChI=1S/C11H9N3O2S2/c1-14-4-3-13-11(14)18(15,16)10(7-12)6-9-2-5-17-8-9/h2-6,8H,1H3. The van der Waals surface area contributed by atoms with E-state index < -0.39 is 9.84 Å². The van der Waals surface area contributed by atoms with E-state index in [0.29, 0.717) is 5.56 Å². The molecule has 5 nitrogen and oxygen atoms in total. The van der Waals surface area contributed by atoms with E-state index in [1.54, 1.807) is 24.6 Å². The summed E-state index contributed by atoms with van der Waals surface area (Å²) in [5.41, 5.74) is 0.689. The minimum absolute atomic E-state index is 0.134. The zero-order valence-corrected chi connectivity index (χ0v) is 11.1. The van der Waals surface area contributed by atoms with Crippen molar-refractivity contribution in [3.63, 3.8) is 0 Å². The van der Waals surface area contributed by atoms with Crippen molar-refractivity contribution in [2.45, 2.75) is 5.16 Å². The van der Waals surface area contributed by atoms with Crippen molar-refractivity contribution in [2.24, 2.45) is 7.05 Å². The van der Waals surface area contributed by atoms with Gasteiger partial charge in [-0.25, -0.2) is 13.4 Å². The SMILES string of the molecule is Cn1ccnc1S(=O)(=O)C(C#N)=Cc1ccsc1. The van der Waals surface area contributed by atoms with Gasteiger partial charge < -0.3 is 4.57 Å². The van der Waals surface area contributed by atoms with Gasteiger partial charge in [-0.15, -0.1) is 0 Å². The molecule has 2 heterocycles. The van der Waals surface area contributed by atoms with Crippen LogP contribution in [0.2, 0.25) is 0 Å². The van der Waals surface area contributed by atoms with Crippen LogP contribution in [0, 0.1) is 11.3 Å². The smallest absolute Gasteiger partial charge is 0.250 e. The maximum Gasteiger partial charge on any atom is 0.250 e. The van der Waals surface area contributed by atoms with Crippen LogP contribution in [0.25, 0.3) is 6.08 Å². The van der Waals surface area contributed by atoms with Crippen LogP contribution < -0.4 is 0 Å². The zero-order chi connectivity index (χ0) is 13.2. The van der Waals surface area contributed by atoms with Gasteiger partial charge in [-0.3, -0.25) is 0 Å². The number of aromatic nitrogens is 2. The van der Waals surface area contributed by atoms with E-state index in [-0.39, 0.29) is 10.1 Å². The maximum atomic E-state index is 12.2. The summed E-state index contributed by atoms with van der Waals surface area (Å²) in [6, 6.07) is 3.47. The van der Waals surface area contributed by atoms with Gasteiger partial charge in [-0.2, -0.15) is 16.6 Å². The molecule has 0 fully saturated rings. The number of sulfone groups is 1. The molecule has 2 rings (SSSR count). The van der Waals surface area contributed by atoms with Gasteiger partial charge in [0.2, 0.25) is 15.0 Å². The van der Waals surface area contributed by atoms with E-state index >= 15 is 0 Å². The molecule has 0 aliphatic carbocycles. The highest BCUT2D eigenvalue weighted by molar-refractivity contribution is 7.95. The minimum Gasteiger partial charge on any atom is -0.325 e. The minimum atomic E-state index is -3.86. The lowest BCUT2D eigenvalue weighted by Crippen LogP contribution is -2.09. The van der Waals surface area contributed by atoms with Gasteiger partial charge in [-0.05, 0) is 28.5 Å². The number of nitrogens with zero attached hydrogens (tertiary/aromatic N) is 3. The second kappa shape index (κ2) is 4.76. The van der Waals surface area contributed by atoms with Crippen molar-refractivity contribution < 1.29 is 8.42 Å². The topological polar surface area (TPSA) is 75.8 Å². The predicted octanol–water partition coefficient (Wildman–Crippen LogP) is 1.82. The molecule has 0 amide bonds. The van der Waals surface area contributed by atoms with Gasteiger partial charge in [0.15, 0.2) is 4.91 Å². The second-order valence-electron chi connectivity index (χ2n) is 3.50. The summed E-state index contributed by atoms with van der Waals surface area (Å²) < 4.78 is 25.8. The summed E-state index contributed by atoms with van der Waals surface area (Å²) in [6.07, 6.45) is 4.25. The summed E-state index contributed by atoms with van der Waals surface area (Å²) in [7, 11) is -2.29. The molecule has 0 spiro atoms. The van der Waals surface area contributed by atoms with Gasteiger partial charge in [0, 0.05) is 19.4 Å². The number of allylic oxidation sites excluding steroid dienone is 1. The van der Waals surface area contributed by atoms with E-state index in [9.17, 15) is 8.42 Å². The fourth-order valence-corrected chi connectivity index (χ4v) is 3.25. The molecule has 2 aromatic heterocycles. The van der Waals surface area contributed by atoms with E-state index in [4.69, 9.17) is 5.26 Å². The van der Waals surface area contributed by atoms with Gasteiger partial charge in [0.25, 0.3) is 0 Å². The molecule has 0 aliphatic rings. The van der Waals surface area contributed by atoms with Crippen molar-refractivity contribution in [3.8, 4) is 6.07 Å². The molecule has 0 aromatic carbocycles.